The number of carbonyl (C=O) groups is 2. The van der Waals surface area contributed by atoms with E-state index in [4.69, 9.17) is 9.47 Å². The van der Waals surface area contributed by atoms with Gasteiger partial charge in [0.25, 0.3) is 11.8 Å². The molecule has 2 amide bonds. The summed E-state index contributed by atoms with van der Waals surface area (Å²) in [7, 11) is 3.04. The lowest BCUT2D eigenvalue weighted by Crippen LogP contribution is -2.29. The van der Waals surface area contributed by atoms with Crippen molar-refractivity contribution in [3.05, 3.63) is 50.6 Å². The normalized spacial score (nSPS) is 13.4. The first-order chi connectivity index (χ1) is 13.4. The molecule has 1 aliphatic rings. The number of ether oxygens (including phenoxy) is 2. The fourth-order valence-electron chi connectivity index (χ4n) is 3.18. The molecule has 1 N–H and O–H groups in total. The fraction of sp³-hybridized carbons (Fsp3) is 0.333. The second kappa shape index (κ2) is 8.81. The van der Waals surface area contributed by atoms with E-state index in [0.29, 0.717) is 28.3 Å². The van der Waals surface area contributed by atoms with Crippen LogP contribution in [0.3, 0.4) is 0 Å². The number of likely N-dealkylation sites (tertiary alicyclic amines) is 1. The molecule has 0 bridgehead atoms. The predicted octanol–water partition coefficient (Wildman–Crippen LogP) is 4.11. The van der Waals surface area contributed by atoms with Crippen molar-refractivity contribution in [1.29, 1.82) is 0 Å². The van der Waals surface area contributed by atoms with Crippen LogP contribution in [0.4, 0.5) is 5.69 Å². The number of nitrogens with zero attached hydrogens (tertiary/aromatic N) is 1. The highest BCUT2D eigenvalue weighted by atomic mass is 127. The van der Waals surface area contributed by atoms with Gasteiger partial charge in [-0.2, -0.15) is 0 Å². The van der Waals surface area contributed by atoms with E-state index in [-0.39, 0.29) is 11.8 Å². The van der Waals surface area contributed by atoms with Crippen LogP contribution < -0.4 is 14.8 Å². The van der Waals surface area contributed by atoms with E-state index in [1.54, 1.807) is 23.1 Å². The van der Waals surface area contributed by atoms with Crippen molar-refractivity contribution in [2.75, 3.05) is 32.6 Å². The molecule has 0 aliphatic carbocycles. The Morgan fingerprint density at radius 2 is 1.68 bits per heavy atom. The van der Waals surface area contributed by atoms with Crippen LogP contribution in [-0.4, -0.2) is 44.0 Å². The maximum atomic E-state index is 13.0. The van der Waals surface area contributed by atoms with Crippen LogP contribution in [0.15, 0.2) is 30.3 Å². The molecule has 0 radical (unpaired) electrons. The molecule has 6 nitrogen and oxygen atoms in total. The summed E-state index contributed by atoms with van der Waals surface area (Å²) in [6.45, 7) is 3.43. The Morgan fingerprint density at radius 3 is 2.29 bits per heavy atom. The number of halogens is 1. The number of rotatable bonds is 5. The van der Waals surface area contributed by atoms with E-state index in [1.165, 1.54) is 14.2 Å². The zero-order chi connectivity index (χ0) is 20.3. The number of hydrogen-bond acceptors (Lipinski definition) is 4. The van der Waals surface area contributed by atoms with E-state index in [1.807, 2.05) is 19.1 Å². The molecule has 1 aliphatic heterocycles. The van der Waals surface area contributed by atoms with Crippen molar-refractivity contribution in [3.8, 4) is 11.5 Å². The van der Waals surface area contributed by atoms with E-state index in [2.05, 4.69) is 27.9 Å². The Hall–Kier alpha value is -2.29. The zero-order valence-corrected chi connectivity index (χ0v) is 18.3. The number of amides is 2. The summed E-state index contributed by atoms with van der Waals surface area (Å²) in [6.07, 6.45) is 1.98. The van der Waals surface area contributed by atoms with Gasteiger partial charge in [-0.25, -0.2) is 0 Å². The van der Waals surface area contributed by atoms with E-state index in [9.17, 15) is 9.59 Å². The van der Waals surface area contributed by atoms with Gasteiger partial charge in [-0.05, 0) is 66.1 Å². The Bertz CT molecular complexity index is 908. The van der Waals surface area contributed by atoms with Gasteiger partial charge in [0.15, 0.2) is 11.5 Å². The molecule has 1 saturated heterocycles. The van der Waals surface area contributed by atoms with Gasteiger partial charge in [0.05, 0.1) is 25.5 Å². The van der Waals surface area contributed by atoms with Crippen molar-refractivity contribution in [1.82, 2.24) is 4.90 Å². The monoisotopic (exact) mass is 494 g/mol. The minimum Gasteiger partial charge on any atom is -0.493 e. The third kappa shape index (κ3) is 4.24. The molecule has 0 saturated carbocycles. The standard InChI is InChI=1S/C21H23IN2O4/c1-13-6-7-14(10-16(13)22)20(25)23-17-12-19(28-3)18(27-2)11-15(17)21(26)24-8-4-5-9-24/h6-7,10-12H,4-5,8-9H2,1-3H3,(H,23,25). The third-order valence-electron chi connectivity index (χ3n) is 4.83. The quantitative estimate of drug-likeness (QED) is 0.636. The average molecular weight is 494 g/mol. The number of carbonyl (C=O) groups excluding carboxylic acids is 2. The van der Waals surface area contributed by atoms with Crippen LogP contribution in [0.1, 0.15) is 39.1 Å². The van der Waals surface area contributed by atoms with Crippen molar-refractivity contribution in [3.63, 3.8) is 0 Å². The first-order valence-electron chi connectivity index (χ1n) is 9.07. The number of nitrogens with one attached hydrogen (secondary N) is 1. The SMILES string of the molecule is COc1cc(NC(=O)c2ccc(C)c(I)c2)c(C(=O)N2CCCC2)cc1OC. The summed E-state index contributed by atoms with van der Waals surface area (Å²) >= 11 is 2.20. The Morgan fingerprint density at radius 1 is 1.04 bits per heavy atom. The minimum atomic E-state index is -0.277. The fourth-order valence-corrected chi connectivity index (χ4v) is 3.69. The highest BCUT2D eigenvalue weighted by Gasteiger charge is 2.25. The van der Waals surface area contributed by atoms with Crippen LogP contribution in [0.2, 0.25) is 0 Å². The van der Waals surface area contributed by atoms with Gasteiger partial charge in [0, 0.05) is 28.3 Å². The molecule has 2 aromatic carbocycles. The lowest BCUT2D eigenvalue weighted by molar-refractivity contribution is 0.0793. The van der Waals surface area contributed by atoms with Crippen LogP contribution in [0.5, 0.6) is 11.5 Å². The first-order valence-corrected chi connectivity index (χ1v) is 10.1. The van der Waals surface area contributed by atoms with Crippen LogP contribution in [-0.2, 0) is 0 Å². The Labute approximate surface area is 178 Å². The molecule has 1 fully saturated rings. The van der Waals surface area contributed by atoms with Gasteiger partial charge in [-0.1, -0.05) is 6.07 Å². The maximum Gasteiger partial charge on any atom is 0.256 e. The summed E-state index contributed by atoms with van der Waals surface area (Å²) < 4.78 is 11.7. The molecule has 7 heteroatoms. The molecular weight excluding hydrogens is 471 g/mol. The van der Waals surface area contributed by atoms with Crippen LogP contribution in [0, 0.1) is 10.5 Å². The number of aryl methyl sites for hydroxylation is 1. The number of benzene rings is 2. The van der Waals surface area contributed by atoms with E-state index >= 15 is 0 Å². The summed E-state index contributed by atoms with van der Waals surface area (Å²) in [5.74, 6) is 0.509. The molecule has 3 rings (SSSR count). The Balaban J connectivity index is 1.98. The second-order valence-electron chi connectivity index (χ2n) is 6.67. The highest BCUT2D eigenvalue weighted by molar-refractivity contribution is 14.1. The molecule has 2 aromatic rings. The van der Waals surface area contributed by atoms with Crippen LogP contribution in [0.25, 0.3) is 0 Å². The van der Waals surface area contributed by atoms with Gasteiger partial charge < -0.3 is 19.7 Å². The highest BCUT2D eigenvalue weighted by Crippen LogP contribution is 2.34. The Kier molecular flexibility index (Phi) is 6.43. The number of anilines is 1. The summed E-state index contributed by atoms with van der Waals surface area (Å²) in [5, 5.41) is 2.88. The predicted molar refractivity (Wildman–Crippen MR) is 117 cm³/mol. The largest absolute Gasteiger partial charge is 0.493 e. The van der Waals surface area contributed by atoms with Crippen molar-refractivity contribution >= 4 is 40.1 Å². The third-order valence-corrected chi connectivity index (χ3v) is 5.99. The average Bonchev–Trinajstić information content (AvgIpc) is 3.23. The van der Waals surface area contributed by atoms with Gasteiger partial charge in [0.2, 0.25) is 0 Å². The van der Waals surface area contributed by atoms with Gasteiger partial charge >= 0.3 is 0 Å². The maximum absolute atomic E-state index is 13.0. The molecule has 0 atom stereocenters. The molecule has 148 valence electrons. The topological polar surface area (TPSA) is 67.9 Å². The lowest BCUT2D eigenvalue weighted by atomic mass is 10.1. The number of methoxy groups -OCH3 is 2. The second-order valence-corrected chi connectivity index (χ2v) is 7.83. The molecular formula is C21H23IN2O4. The van der Waals surface area contributed by atoms with E-state index < -0.39 is 0 Å². The van der Waals surface area contributed by atoms with Gasteiger partial charge in [-0.15, -0.1) is 0 Å². The summed E-state index contributed by atoms with van der Waals surface area (Å²) in [6, 6.07) is 8.78. The first kappa shape index (κ1) is 20.4. The zero-order valence-electron chi connectivity index (χ0n) is 16.2. The van der Waals surface area contributed by atoms with E-state index in [0.717, 1.165) is 35.1 Å². The lowest BCUT2D eigenvalue weighted by Gasteiger charge is -2.20. The summed E-state index contributed by atoms with van der Waals surface area (Å²) in [4.78, 5) is 27.6. The number of hydrogen-bond donors (Lipinski definition) is 1. The molecule has 0 unspecified atom stereocenters. The van der Waals surface area contributed by atoms with Crippen molar-refractivity contribution < 1.29 is 19.1 Å². The molecule has 28 heavy (non-hydrogen) atoms. The molecule has 0 aromatic heterocycles. The van der Waals surface area contributed by atoms with Gasteiger partial charge in [0.1, 0.15) is 0 Å². The molecule has 0 spiro atoms. The smallest absolute Gasteiger partial charge is 0.256 e. The summed E-state index contributed by atoms with van der Waals surface area (Å²) in [5.41, 5.74) is 2.45. The van der Waals surface area contributed by atoms with Gasteiger partial charge in [-0.3, -0.25) is 9.59 Å². The van der Waals surface area contributed by atoms with Crippen molar-refractivity contribution in [2.45, 2.75) is 19.8 Å². The molecule has 1 heterocycles. The minimum absolute atomic E-state index is 0.118. The van der Waals surface area contributed by atoms with Crippen LogP contribution >= 0.6 is 22.6 Å². The van der Waals surface area contributed by atoms with Crippen molar-refractivity contribution in [2.24, 2.45) is 0 Å².